The number of methoxy groups -OCH3 is 1. The molecule has 0 unspecified atom stereocenters. The Hall–Kier alpha value is -0.960. The second kappa shape index (κ2) is 6.28. The largest absolute Gasteiger partial charge is 0.496 e. The molecule has 1 aliphatic heterocycles. The number of ether oxygens (including phenoxy) is 1. The number of hydrogen-bond donors (Lipinski definition) is 0. The molecule has 154 valence electrons. The van der Waals surface area contributed by atoms with Gasteiger partial charge in [-0.2, -0.15) is 0 Å². The minimum atomic E-state index is -2.07. The molecule has 7 nitrogen and oxygen atoms in total. The van der Waals surface area contributed by atoms with E-state index in [0.717, 1.165) is 6.07 Å². The first-order valence-electron chi connectivity index (χ1n) is 7.89. The van der Waals surface area contributed by atoms with Crippen molar-refractivity contribution in [3.05, 3.63) is 38.4 Å². The van der Waals surface area contributed by atoms with Gasteiger partial charge in [0.2, 0.25) is 11.8 Å². The lowest BCUT2D eigenvalue weighted by Crippen LogP contribution is -2.50. The second-order valence-electron chi connectivity index (χ2n) is 6.70. The molecule has 13 heteroatoms. The summed E-state index contributed by atoms with van der Waals surface area (Å²) in [5, 5.41) is 11.1. The van der Waals surface area contributed by atoms with Crippen LogP contribution < -0.4 is 9.64 Å². The lowest BCUT2D eigenvalue weighted by Gasteiger charge is -2.34. The van der Waals surface area contributed by atoms with E-state index in [1.165, 1.54) is 19.2 Å². The van der Waals surface area contributed by atoms with Crippen LogP contribution in [0.3, 0.4) is 0 Å². The highest BCUT2D eigenvalue weighted by atomic mass is 35.5. The molecule has 2 aliphatic carbocycles. The van der Waals surface area contributed by atoms with Gasteiger partial charge in [0.05, 0.1) is 40.0 Å². The van der Waals surface area contributed by atoms with Crippen molar-refractivity contribution < 1.29 is 19.2 Å². The van der Waals surface area contributed by atoms with E-state index in [1.54, 1.807) is 0 Å². The molecule has 0 spiro atoms. The minimum absolute atomic E-state index is 0.163. The van der Waals surface area contributed by atoms with Crippen LogP contribution in [-0.2, 0) is 9.59 Å². The number of benzene rings is 1. The Kier molecular flexibility index (Phi) is 4.61. The first-order chi connectivity index (χ1) is 13.4. The second-order valence-corrected chi connectivity index (χ2v) is 9.98. The van der Waals surface area contributed by atoms with Gasteiger partial charge in [-0.1, -0.05) is 46.4 Å². The van der Waals surface area contributed by atoms with E-state index in [2.05, 4.69) is 0 Å². The van der Waals surface area contributed by atoms with E-state index >= 15 is 0 Å². The predicted molar refractivity (Wildman–Crippen MR) is 109 cm³/mol. The number of anilines is 1. The summed E-state index contributed by atoms with van der Waals surface area (Å²) in [6.07, 6.45) is 0. The summed E-state index contributed by atoms with van der Waals surface area (Å²) in [7, 11) is 1.32. The summed E-state index contributed by atoms with van der Waals surface area (Å²) in [5.41, 5.74) is -0.805. The van der Waals surface area contributed by atoms with Gasteiger partial charge in [-0.05, 0) is 12.1 Å². The maximum atomic E-state index is 13.3. The van der Waals surface area contributed by atoms with Crippen molar-refractivity contribution in [1.29, 1.82) is 0 Å². The number of halogens is 6. The van der Waals surface area contributed by atoms with Crippen LogP contribution in [0, 0.1) is 22.0 Å². The molecule has 3 aliphatic rings. The van der Waals surface area contributed by atoms with Crippen LogP contribution >= 0.6 is 69.6 Å². The van der Waals surface area contributed by atoms with Gasteiger partial charge in [0.1, 0.15) is 21.2 Å². The SMILES string of the molecule is COc1ccc(N2C(=O)[C@H]3[C@H](C2=O)[C@@]2(Cl)C(Cl)=C(Cl)[C@@]3(Cl)C2(Cl)Cl)c([N+](=O)[O-])c1. The molecule has 0 radical (unpaired) electrons. The molecule has 1 aromatic rings. The number of amides is 2. The molecule has 2 fully saturated rings. The Balaban J connectivity index is 1.91. The number of carbonyl (C=O) groups excluding carboxylic acids is 2. The predicted octanol–water partition coefficient (Wildman–Crippen LogP) is 4.55. The number of fused-ring (bicyclic) bond motifs is 5. The minimum Gasteiger partial charge on any atom is -0.496 e. The molecule has 2 amide bonds. The number of nitrogens with zero attached hydrogens (tertiary/aromatic N) is 2. The third kappa shape index (κ3) is 2.19. The molecule has 1 saturated heterocycles. The van der Waals surface area contributed by atoms with Crippen LogP contribution in [-0.4, -0.2) is 37.9 Å². The fourth-order valence-electron chi connectivity index (χ4n) is 4.20. The highest BCUT2D eigenvalue weighted by molar-refractivity contribution is 6.67. The molecule has 0 N–H and O–H groups in total. The number of alkyl halides is 4. The molecule has 0 aromatic heterocycles. The molecule has 1 saturated carbocycles. The summed E-state index contributed by atoms with van der Waals surface area (Å²) in [6.45, 7) is 0. The summed E-state index contributed by atoms with van der Waals surface area (Å²) >= 11 is 38.5. The molecule has 4 atom stereocenters. The van der Waals surface area contributed by atoms with Gasteiger partial charge in [0, 0.05) is 0 Å². The van der Waals surface area contributed by atoms with Crippen LogP contribution in [0.4, 0.5) is 11.4 Å². The van der Waals surface area contributed by atoms with Gasteiger partial charge in [-0.3, -0.25) is 19.7 Å². The summed E-state index contributed by atoms with van der Waals surface area (Å²) in [5.74, 6) is -4.34. The average Bonchev–Trinajstić information content (AvgIpc) is 3.05. The lowest BCUT2D eigenvalue weighted by molar-refractivity contribution is -0.384. The fourth-order valence-corrected chi connectivity index (χ4v) is 7.13. The van der Waals surface area contributed by atoms with Crippen molar-refractivity contribution >= 4 is 92.8 Å². The van der Waals surface area contributed by atoms with Crippen molar-refractivity contribution in [3.8, 4) is 5.75 Å². The standard InChI is InChI=1S/C16H8Cl6N2O5/c1-29-5-2-3-6(7(4-5)24(27)28)23-12(25)8-9(13(23)26)15(20)11(18)10(17)14(8,19)16(15,21)22/h2-4,8-9H,1H3/t8-,9-,14-,15-/m1/s1. The van der Waals surface area contributed by atoms with E-state index in [4.69, 9.17) is 74.3 Å². The third-order valence-corrected chi connectivity index (χ3v) is 9.79. The average molecular weight is 521 g/mol. The Morgan fingerprint density at radius 2 is 1.52 bits per heavy atom. The first kappa shape index (κ1) is 21.3. The quantitative estimate of drug-likeness (QED) is 0.252. The Morgan fingerprint density at radius 1 is 1.03 bits per heavy atom. The van der Waals surface area contributed by atoms with Gasteiger partial charge in [0.15, 0.2) is 4.33 Å². The van der Waals surface area contributed by atoms with Crippen LogP contribution in [0.5, 0.6) is 5.75 Å². The molecule has 29 heavy (non-hydrogen) atoms. The fraction of sp³-hybridized carbons (Fsp3) is 0.375. The maximum Gasteiger partial charge on any atom is 0.297 e. The molecular formula is C16H8Cl6N2O5. The lowest BCUT2D eigenvalue weighted by atomic mass is 9.84. The molecular weight excluding hydrogens is 513 g/mol. The smallest absolute Gasteiger partial charge is 0.297 e. The first-order valence-corrected chi connectivity index (χ1v) is 10.2. The number of carbonyl (C=O) groups is 2. The molecule has 2 bridgehead atoms. The van der Waals surface area contributed by atoms with E-state index in [9.17, 15) is 19.7 Å². The number of allylic oxidation sites excluding steroid dienone is 2. The number of rotatable bonds is 3. The molecule has 1 aromatic carbocycles. The van der Waals surface area contributed by atoms with Crippen LogP contribution in [0.15, 0.2) is 28.3 Å². The zero-order chi connectivity index (χ0) is 21.7. The van der Waals surface area contributed by atoms with Crippen molar-refractivity contribution in [2.45, 2.75) is 14.1 Å². The van der Waals surface area contributed by atoms with E-state index < -0.39 is 48.3 Å². The topological polar surface area (TPSA) is 89.8 Å². The molecule has 4 rings (SSSR count). The number of imide groups is 1. The Bertz CT molecular complexity index is 999. The monoisotopic (exact) mass is 518 g/mol. The van der Waals surface area contributed by atoms with Crippen molar-refractivity contribution in [3.63, 3.8) is 0 Å². The summed E-state index contributed by atoms with van der Waals surface area (Å²) < 4.78 is 2.90. The number of nitro benzene ring substituents is 1. The van der Waals surface area contributed by atoms with Gasteiger partial charge in [-0.25, -0.2) is 4.90 Å². The third-order valence-electron chi connectivity index (χ3n) is 5.53. The van der Waals surface area contributed by atoms with Crippen molar-refractivity contribution in [2.24, 2.45) is 11.8 Å². The molecule has 1 heterocycles. The normalized spacial score (nSPS) is 34.8. The zero-order valence-corrected chi connectivity index (χ0v) is 18.6. The van der Waals surface area contributed by atoms with Gasteiger partial charge in [-0.15, -0.1) is 23.2 Å². The van der Waals surface area contributed by atoms with Crippen molar-refractivity contribution in [1.82, 2.24) is 0 Å². The van der Waals surface area contributed by atoms with Gasteiger partial charge < -0.3 is 4.74 Å². The van der Waals surface area contributed by atoms with E-state index in [0.29, 0.717) is 4.90 Å². The Labute approximate surface area is 193 Å². The summed E-state index contributed by atoms with van der Waals surface area (Å²) in [6, 6.07) is 3.66. The maximum absolute atomic E-state index is 13.3. The van der Waals surface area contributed by atoms with Crippen LogP contribution in [0.1, 0.15) is 0 Å². The van der Waals surface area contributed by atoms with Crippen LogP contribution in [0.2, 0.25) is 0 Å². The van der Waals surface area contributed by atoms with Gasteiger partial charge >= 0.3 is 0 Å². The van der Waals surface area contributed by atoms with E-state index in [-0.39, 0.29) is 21.5 Å². The van der Waals surface area contributed by atoms with E-state index in [1.807, 2.05) is 0 Å². The Morgan fingerprint density at radius 3 is 1.93 bits per heavy atom. The highest BCUT2D eigenvalue weighted by Crippen LogP contribution is 2.77. The van der Waals surface area contributed by atoms with Gasteiger partial charge in [0.25, 0.3) is 5.69 Å². The van der Waals surface area contributed by atoms with Crippen LogP contribution in [0.25, 0.3) is 0 Å². The van der Waals surface area contributed by atoms with Crippen molar-refractivity contribution in [2.75, 3.05) is 12.0 Å². The zero-order valence-electron chi connectivity index (χ0n) is 14.1. The highest BCUT2D eigenvalue weighted by Gasteiger charge is 2.87. The summed E-state index contributed by atoms with van der Waals surface area (Å²) in [4.78, 5) is 34.0. The number of nitro groups is 1. The number of hydrogen-bond acceptors (Lipinski definition) is 5.